The van der Waals surface area contributed by atoms with Crippen LogP contribution >= 0.6 is 0 Å². The zero-order valence-electron chi connectivity index (χ0n) is 14.2. The molecule has 0 unspecified atom stereocenters. The number of carbonyl (C=O) groups excluding carboxylic acids is 1. The van der Waals surface area contributed by atoms with E-state index in [9.17, 15) is 4.79 Å². The van der Waals surface area contributed by atoms with Gasteiger partial charge in [0.2, 0.25) is 0 Å². The summed E-state index contributed by atoms with van der Waals surface area (Å²) in [5.74, 6) is -0.154. The molecule has 124 valence electrons. The molecule has 1 N–H and O–H groups in total. The molecule has 3 aromatic rings. The molecule has 1 atom stereocenters. The number of nitrogens with one attached hydrogen (secondary N) is 1. The minimum atomic E-state index is -0.154. The van der Waals surface area contributed by atoms with Crippen LogP contribution < -0.4 is 5.32 Å². The number of aromatic nitrogens is 2. The van der Waals surface area contributed by atoms with Gasteiger partial charge in [-0.15, -0.1) is 0 Å². The van der Waals surface area contributed by atoms with Crippen molar-refractivity contribution in [3.8, 4) is 0 Å². The first-order valence-electron chi connectivity index (χ1n) is 7.99. The predicted octanol–water partition coefficient (Wildman–Crippen LogP) is 2.68. The number of amides is 1. The highest BCUT2D eigenvalue weighted by Gasteiger charge is 2.17. The van der Waals surface area contributed by atoms with Gasteiger partial charge in [-0.1, -0.05) is 30.3 Å². The second-order valence-corrected chi connectivity index (χ2v) is 6.20. The maximum absolute atomic E-state index is 12.5. The second kappa shape index (κ2) is 6.84. The topological polar surface area (TPSA) is 49.6 Å². The molecule has 0 saturated carbocycles. The summed E-state index contributed by atoms with van der Waals surface area (Å²) in [6.07, 6.45) is 3.68. The van der Waals surface area contributed by atoms with E-state index in [1.807, 2.05) is 61.9 Å². The number of aryl methyl sites for hydroxylation is 1. The quantitative estimate of drug-likeness (QED) is 0.786. The van der Waals surface area contributed by atoms with Gasteiger partial charge in [-0.3, -0.25) is 4.79 Å². The molecular formula is C19H22N4O. The Labute approximate surface area is 141 Å². The van der Waals surface area contributed by atoms with Crippen LogP contribution in [0.5, 0.6) is 0 Å². The van der Waals surface area contributed by atoms with Crippen molar-refractivity contribution in [2.75, 3.05) is 20.6 Å². The van der Waals surface area contributed by atoms with Gasteiger partial charge in [-0.05, 0) is 44.3 Å². The molecule has 24 heavy (non-hydrogen) atoms. The molecule has 0 bridgehead atoms. The molecule has 3 rings (SSSR count). The minimum absolute atomic E-state index is 0.120. The lowest BCUT2D eigenvalue weighted by atomic mass is 10.1. The first kappa shape index (κ1) is 16.2. The third kappa shape index (κ3) is 3.46. The van der Waals surface area contributed by atoms with E-state index in [1.165, 1.54) is 5.56 Å². The number of likely N-dealkylation sites (N-methyl/N-ethyl adjacent to an activating group) is 1. The van der Waals surface area contributed by atoms with Crippen molar-refractivity contribution in [2.45, 2.75) is 13.0 Å². The Kier molecular flexibility index (Phi) is 4.62. The van der Waals surface area contributed by atoms with Crippen LogP contribution in [0, 0.1) is 6.92 Å². The van der Waals surface area contributed by atoms with Gasteiger partial charge in [-0.2, -0.15) is 0 Å². The van der Waals surface area contributed by atoms with Crippen LogP contribution in [-0.4, -0.2) is 40.8 Å². The molecule has 1 aromatic carbocycles. The van der Waals surface area contributed by atoms with Gasteiger partial charge < -0.3 is 14.6 Å². The summed E-state index contributed by atoms with van der Waals surface area (Å²) < 4.78 is 1.86. The van der Waals surface area contributed by atoms with Crippen molar-refractivity contribution in [2.24, 2.45) is 0 Å². The highest BCUT2D eigenvalue weighted by atomic mass is 16.1. The molecule has 0 aliphatic rings. The molecule has 2 aromatic heterocycles. The molecule has 0 spiro atoms. The summed E-state index contributed by atoms with van der Waals surface area (Å²) in [5.41, 5.74) is 3.52. The van der Waals surface area contributed by atoms with Gasteiger partial charge in [0.25, 0.3) is 5.91 Å². The lowest BCUT2D eigenvalue weighted by Gasteiger charge is -2.24. The lowest BCUT2D eigenvalue weighted by Crippen LogP contribution is -2.34. The fourth-order valence-corrected chi connectivity index (χ4v) is 2.75. The van der Waals surface area contributed by atoms with Crippen molar-refractivity contribution >= 4 is 11.6 Å². The van der Waals surface area contributed by atoms with Crippen LogP contribution in [0.25, 0.3) is 5.65 Å². The van der Waals surface area contributed by atoms with E-state index >= 15 is 0 Å². The normalized spacial score (nSPS) is 12.5. The molecule has 0 radical (unpaired) electrons. The van der Waals surface area contributed by atoms with E-state index in [4.69, 9.17) is 0 Å². The first-order valence-corrected chi connectivity index (χ1v) is 7.99. The van der Waals surface area contributed by atoms with E-state index in [0.717, 1.165) is 11.2 Å². The summed E-state index contributed by atoms with van der Waals surface area (Å²) >= 11 is 0. The van der Waals surface area contributed by atoms with Crippen molar-refractivity contribution < 1.29 is 4.79 Å². The first-order chi connectivity index (χ1) is 11.5. The Morgan fingerprint density at radius 3 is 2.71 bits per heavy atom. The molecule has 5 nitrogen and oxygen atoms in total. The smallest absolute Gasteiger partial charge is 0.271 e. The predicted molar refractivity (Wildman–Crippen MR) is 95.1 cm³/mol. The summed E-state index contributed by atoms with van der Waals surface area (Å²) in [6.45, 7) is 2.54. The fourth-order valence-electron chi connectivity index (χ4n) is 2.75. The Morgan fingerprint density at radius 2 is 2.00 bits per heavy atom. The van der Waals surface area contributed by atoms with Crippen molar-refractivity contribution in [3.05, 3.63) is 71.7 Å². The molecule has 5 heteroatoms. The number of hydrogen-bond donors (Lipinski definition) is 1. The standard InChI is InChI=1S/C19H22N4O/c1-14-9-10-23-13-16(21-18(23)11-14)19(24)20-12-17(22(2)3)15-7-5-4-6-8-15/h4-11,13,17H,12H2,1-3H3,(H,20,24)/t17-/m0/s1. The maximum atomic E-state index is 12.5. The summed E-state index contributed by atoms with van der Waals surface area (Å²) in [7, 11) is 4.02. The molecule has 2 heterocycles. The summed E-state index contributed by atoms with van der Waals surface area (Å²) in [4.78, 5) is 19.0. The Morgan fingerprint density at radius 1 is 1.25 bits per heavy atom. The van der Waals surface area contributed by atoms with E-state index in [1.54, 1.807) is 6.20 Å². The number of nitrogens with zero attached hydrogens (tertiary/aromatic N) is 3. The van der Waals surface area contributed by atoms with Gasteiger partial charge in [-0.25, -0.2) is 4.98 Å². The van der Waals surface area contributed by atoms with Gasteiger partial charge in [0.05, 0.1) is 6.04 Å². The van der Waals surface area contributed by atoms with Crippen LogP contribution in [0.15, 0.2) is 54.9 Å². The number of rotatable bonds is 5. The number of benzene rings is 1. The van der Waals surface area contributed by atoms with Crippen molar-refractivity contribution in [1.82, 2.24) is 19.6 Å². The maximum Gasteiger partial charge on any atom is 0.271 e. The zero-order valence-corrected chi connectivity index (χ0v) is 14.2. The van der Waals surface area contributed by atoms with E-state index in [-0.39, 0.29) is 11.9 Å². The Hall–Kier alpha value is -2.66. The largest absolute Gasteiger partial charge is 0.349 e. The third-order valence-corrected chi connectivity index (χ3v) is 4.11. The van der Waals surface area contributed by atoms with Gasteiger partial charge in [0.1, 0.15) is 11.3 Å². The summed E-state index contributed by atoms with van der Waals surface area (Å²) in [5, 5.41) is 3.00. The van der Waals surface area contributed by atoms with Crippen LogP contribution in [-0.2, 0) is 0 Å². The Balaban J connectivity index is 1.73. The van der Waals surface area contributed by atoms with Crippen molar-refractivity contribution in [1.29, 1.82) is 0 Å². The molecule has 0 fully saturated rings. The van der Waals surface area contributed by atoms with Crippen LogP contribution in [0.2, 0.25) is 0 Å². The third-order valence-electron chi connectivity index (χ3n) is 4.11. The molecule has 0 aliphatic heterocycles. The minimum Gasteiger partial charge on any atom is -0.349 e. The van der Waals surface area contributed by atoms with Crippen LogP contribution in [0.3, 0.4) is 0 Å². The highest BCUT2D eigenvalue weighted by molar-refractivity contribution is 5.92. The second-order valence-electron chi connectivity index (χ2n) is 6.20. The molecule has 0 saturated heterocycles. The SMILES string of the molecule is Cc1ccn2cc(C(=O)NC[C@@H](c3ccccc3)N(C)C)nc2c1. The highest BCUT2D eigenvalue weighted by Crippen LogP contribution is 2.17. The zero-order chi connectivity index (χ0) is 17.1. The van der Waals surface area contributed by atoms with Crippen LogP contribution in [0.4, 0.5) is 0 Å². The monoisotopic (exact) mass is 322 g/mol. The van der Waals surface area contributed by atoms with E-state index in [2.05, 4.69) is 27.3 Å². The van der Waals surface area contributed by atoms with Gasteiger partial charge in [0, 0.05) is 18.9 Å². The number of imidazole rings is 1. The van der Waals surface area contributed by atoms with Crippen LogP contribution in [0.1, 0.15) is 27.7 Å². The fraction of sp³-hybridized carbons (Fsp3) is 0.263. The van der Waals surface area contributed by atoms with Gasteiger partial charge >= 0.3 is 0 Å². The van der Waals surface area contributed by atoms with E-state index in [0.29, 0.717) is 12.2 Å². The molecule has 1 amide bonds. The average molecular weight is 322 g/mol. The van der Waals surface area contributed by atoms with Gasteiger partial charge in [0.15, 0.2) is 0 Å². The van der Waals surface area contributed by atoms with E-state index < -0.39 is 0 Å². The number of fused-ring (bicyclic) bond motifs is 1. The van der Waals surface area contributed by atoms with Crippen molar-refractivity contribution in [3.63, 3.8) is 0 Å². The number of carbonyl (C=O) groups is 1. The lowest BCUT2D eigenvalue weighted by molar-refractivity contribution is 0.0937. The number of pyridine rings is 1. The Bertz CT molecular complexity index is 839. The number of hydrogen-bond acceptors (Lipinski definition) is 3. The average Bonchev–Trinajstić information content (AvgIpc) is 2.98. The summed E-state index contributed by atoms with van der Waals surface area (Å²) in [6, 6.07) is 14.2. The molecular weight excluding hydrogens is 300 g/mol. The molecule has 0 aliphatic carbocycles.